The van der Waals surface area contributed by atoms with Gasteiger partial charge in [0, 0.05) is 44.0 Å². The first-order valence-corrected chi connectivity index (χ1v) is 12.9. The number of carbonyl (C=O) groups excluding carboxylic acids is 1. The Hall–Kier alpha value is -3.43. The number of hydrogen-bond donors (Lipinski definition) is 1. The first-order chi connectivity index (χ1) is 16.8. The number of hydrogen-bond acceptors (Lipinski definition) is 5. The van der Waals surface area contributed by atoms with Gasteiger partial charge < -0.3 is 9.64 Å². The van der Waals surface area contributed by atoms with E-state index in [4.69, 9.17) is 4.74 Å². The summed E-state index contributed by atoms with van der Waals surface area (Å²) in [4.78, 5) is 17.0. The van der Waals surface area contributed by atoms with Crippen LogP contribution < -0.4 is 9.46 Å². The van der Waals surface area contributed by atoms with Crippen molar-refractivity contribution in [2.45, 2.75) is 11.8 Å². The maximum atomic E-state index is 13.3. The molecule has 0 radical (unpaired) electrons. The second-order valence-electron chi connectivity index (χ2n) is 8.39. The molecule has 1 aliphatic heterocycles. The van der Waals surface area contributed by atoms with Gasteiger partial charge >= 0.3 is 0 Å². The van der Waals surface area contributed by atoms with Crippen LogP contribution in [-0.4, -0.2) is 63.5 Å². The van der Waals surface area contributed by atoms with Gasteiger partial charge in [-0.2, -0.15) is 0 Å². The standard InChI is InChI=1S/C26H28FN3O4S/c1-20-19-22(27)9-12-25(20)35(32,33)28-23-10-7-21(8-11-23)26(31)30-15-13-29(14-16-30)17-18-34-24-5-3-2-4-6-24/h2-12,19,28H,13-18H2,1H3. The third-order valence-corrected chi connectivity index (χ3v) is 7.43. The summed E-state index contributed by atoms with van der Waals surface area (Å²) in [5.41, 5.74) is 1.13. The summed E-state index contributed by atoms with van der Waals surface area (Å²) in [5.74, 6) is 0.263. The molecule has 0 atom stereocenters. The number of anilines is 1. The van der Waals surface area contributed by atoms with E-state index in [0.717, 1.165) is 31.5 Å². The van der Waals surface area contributed by atoms with Crippen molar-refractivity contribution in [3.63, 3.8) is 0 Å². The SMILES string of the molecule is Cc1cc(F)ccc1S(=O)(=O)Nc1ccc(C(=O)N2CCN(CCOc3ccccc3)CC2)cc1. The second kappa shape index (κ2) is 10.9. The van der Waals surface area contributed by atoms with Crippen LogP contribution in [0.25, 0.3) is 0 Å². The predicted octanol–water partition coefficient (Wildman–Crippen LogP) is 3.77. The Kier molecular flexibility index (Phi) is 7.67. The van der Waals surface area contributed by atoms with Crippen molar-refractivity contribution in [2.75, 3.05) is 44.1 Å². The van der Waals surface area contributed by atoms with Crippen LogP contribution in [0.2, 0.25) is 0 Å². The third-order valence-electron chi connectivity index (χ3n) is 5.89. The topological polar surface area (TPSA) is 79.0 Å². The van der Waals surface area contributed by atoms with E-state index >= 15 is 0 Å². The molecule has 0 unspecified atom stereocenters. The number of sulfonamides is 1. The quantitative estimate of drug-likeness (QED) is 0.513. The molecule has 0 aromatic heterocycles. The highest BCUT2D eigenvalue weighted by Gasteiger charge is 2.22. The van der Waals surface area contributed by atoms with Gasteiger partial charge in [0.25, 0.3) is 15.9 Å². The van der Waals surface area contributed by atoms with E-state index in [2.05, 4.69) is 9.62 Å². The molecule has 3 aromatic carbocycles. The first-order valence-electron chi connectivity index (χ1n) is 11.4. The van der Waals surface area contributed by atoms with Crippen LogP contribution in [0.3, 0.4) is 0 Å². The van der Waals surface area contributed by atoms with Gasteiger partial charge in [0.05, 0.1) is 4.90 Å². The summed E-state index contributed by atoms with van der Waals surface area (Å²) in [5, 5.41) is 0. The molecule has 9 heteroatoms. The average molecular weight is 498 g/mol. The molecule has 0 bridgehead atoms. The largest absolute Gasteiger partial charge is 0.492 e. The molecule has 0 saturated carbocycles. The summed E-state index contributed by atoms with van der Waals surface area (Å²) in [7, 11) is -3.87. The van der Waals surface area contributed by atoms with Crippen molar-refractivity contribution < 1.29 is 22.3 Å². The van der Waals surface area contributed by atoms with Crippen LogP contribution in [0.1, 0.15) is 15.9 Å². The molecule has 184 valence electrons. The lowest BCUT2D eigenvalue weighted by Crippen LogP contribution is -2.49. The molecule has 1 heterocycles. The summed E-state index contributed by atoms with van der Waals surface area (Å²) in [6, 6.07) is 19.5. The van der Waals surface area contributed by atoms with Gasteiger partial charge in [0.2, 0.25) is 0 Å². The number of amides is 1. The van der Waals surface area contributed by atoms with E-state index in [1.165, 1.54) is 19.1 Å². The highest BCUT2D eigenvalue weighted by Crippen LogP contribution is 2.21. The molecule has 4 rings (SSSR count). The minimum Gasteiger partial charge on any atom is -0.492 e. The second-order valence-corrected chi connectivity index (χ2v) is 10.0. The van der Waals surface area contributed by atoms with Crippen molar-refractivity contribution in [1.82, 2.24) is 9.80 Å². The van der Waals surface area contributed by atoms with Gasteiger partial charge in [-0.1, -0.05) is 18.2 Å². The molecule has 0 spiro atoms. The van der Waals surface area contributed by atoms with E-state index in [1.54, 1.807) is 29.2 Å². The number of nitrogens with zero attached hydrogens (tertiary/aromatic N) is 2. The van der Waals surface area contributed by atoms with Crippen LogP contribution in [-0.2, 0) is 10.0 Å². The molecule has 1 N–H and O–H groups in total. The Morgan fingerprint density at radius 2 is 1.66 bits per heavy atom. The van der Waals surface area contributed by atoms with Crippen LogP contribution in [0.4, 0.5) is 10.1 Å². The monoisotopic (exact) mass is 497 g/mol. The number of nitrogens with one attached hydrogen (secondary N) is 1. The molecule has 0 aliphatic carbocycles. The zero-order valence-corrected chi connectivity index (χ0v) is 20.3. The van der Waals surface area contributed by atoms with Crippen molar-refractivity contribution >= 4 is 21.6 Å². The summed E-state index contributed by atoms with van der Waals surface area (Å²) < 4.78 is 46.9. The van der Waals surface area contributed by atoms with Crippen molar-refractivity contribution in [3.8, 4) is 5.75 Å². The Bertz CT molecular complexity index is 1260. The zero-order chi connectivity index (χ0) is 24.8. The van der Waals surface area contributed by atoms with E-state index in [9.17, 15) is 17.6 Å². The van der Waals surface area contributed by atoms with Gasteiger partial charge in [-0.25, -0.2) is 12.8 Å². The number of halogens is 1. The van der Waals surface area contributed by atoms with Crippen LogP contribution >= 0.6 is 0 Å². The molecule has 7 nitrogen and oxygen atoms in total. The first kappa shape index (κ1) is 24.7. The number of piperazine rings is 1. The number of para-hydroxylation sites is 1. The van der Waals surface area contributed by atoms with E-state index in [-0.39, 0.29) is 10.8 Å². The van der Waals surface area contributed by atoms with E-state index in [0.29, 0.717) is 36.5 Å². The fourth-order valence-electron chi connectivity index (χ4n) is 3.97. The third kappa shape index (κ3) is 6.37. The van der Waals surface area contributed by atoms with Crippen molar-refractivity contribution in [2.24, 2.45) is 0 Å². The smallest absolute Gasteiger partial charge is 0.262 e. The molecule has 35 heavy (non-hydrogen) atoms. The normalized spacial score (nSPS) is 14.5. The van der Waals surface area contributed by atoms with Crippen molar-refractivity contribution in [3.05, 3.63) is 89.7 Å². The van der Waals surface area contributed by atoms with Crippen LogP contribution in [0, 0.1) is 12.7 Å². The number of aryl methyl sites for hydroxylation is 1. The summed E-state index contributed by atoms with van der Waals surface area (Å²) >= 11 is 0. The van der Waals surface area contributed by atoms with Crippen LogP contribution in [0.5, 0.6) is 5.75 Å². The van der Waals surface area contributed by atoms with Gasteiger partial charge in [-0.05, 0) is 67.1 Å². The van der Waals surface area contributed by atoms with E-state index < -0.39 is 15.8 Å². The van der Waals surface area contributed by atoms with Gasteiger partial charge in [0.15, 0.2) is 0 Å². The maximum Gasteiger partial charge on any atom is 0.262 e. The van der Waals surface area contributed by atoms with Crippen LogP contribution in [0.15, 0.2) is 77.7 Å². The average Bonchev–Trinajstić information content (AvgIpc) is 2.85. The van der Waals surface area contributed by atoms with Gasteiger partial charge in [-0.15, -0.1) is 0 Å². The minimum atomic E-state index is -3.87. The highest BCUT2D eigenvalue weighted by molar-refractivity contribution is 7.92. The lowest BCUT2D eigenvalue weighted by Gasteiger charge is -2.34. The lowest BCUT2D eigenvalue weighted by molar-refractivity contribution is 0.0620. The maximum absolute atomic E-state index is 13.3. The fraction of sp³-hybridized carbons (Fsp3) is 0.269. The Balaban J connectivity index is 1.28. The zero-order valence-electron chi connectivity index (χ0n) is 19.5. The Morgan fingerprint density at radius 3 is 2.31 bits per heavy atom. The molecule has 1 amide bonds. The fourth-order valence-corrected chi connectivity index (χ4v) is 5.26. The Morgan fingerprint density at radius 1 is 0.971 bits per heavy atom. The lowest BCUT2D eigenvalue weighted by atomic mass is 10.1. The number of benzene rings is 3. The molecule has 1 aliphatic rings. The predicted molar refractivity (Wildman–Crippen MR) is 133 cm³/mol. The Labute approximate surface area is 205 Å². The molecular formula is C26H28FN3O4S. The molecule has 3 aromatic rings. The van der Waals surface area contributed by atoms with Gasteiger partial charge in [0.1, 0.15) is 18.2 Å². The molecule has 1 fully saturated rings. The molecular weight excluding hydrogens is 469 g/mol. The summed E-state index contributed by atoms with van der Waals surface area (Å²) in [6.07, 6.45) is 0. The summed E-state index contributed by atoms with van der Waals surface area (Å²) in [6.45, 7) is 5.67. The highest BCUT2D eigenvalue weighted by atomic mass is 32.2. The number of carbonyl (C=O) groups is 1. The van der Waals surface area contributed by atoms with Crippen molar-refractivity contribution in [1.29, 1.82) is 0 Å². The van der Waals surface area contributed by atoms with E-state index in [1.807, 2.05) is 30.3 Å². The minimum absolute atomic E-state index is 0.00564. The number of ether oxygens (including phenoxy) is 1. The van der Waals surface area contributed by atoms with Gasteiger partial charge in [-0.3, -0.25) is 14.4 Å². The number of rotatable bonds is 8. The molecule has 1 saturated heterocycles.